The molecule has 2 amide bonds. The molecule has 0 radical (unpaired) electrons. The van der Waals surface area contributed by atoms with E-state index >= 15 is 0 Å². The minimum atomic E-state index is -1.16. The maximum atomic E-state index is 12.7. The van der Waals surface area contributed by atoms with Crippen molar-refractivity contribution in [3.63, 3.8) is 0 Å². The van der Waals surface area contributed by atoms with Crippen molar-refractivity contribution in [1.29, 1.82) is 0 Å². The molecule has 2 aromatic carbocycles. The lowest BCUT2D eigenvalue weighted by atomic mass is 10.0. The number of rotatable bonds is 7. The van der Waals surface area contributed by atoms with Crippen LogP contribution >= 0.6 is 11.6 Å². The fourth-order valence-corrected chi connectivity index (χ4v) is 2.99. The lowest BCUT2D eigenvalue weighted by Gasteiger charge is -2.18. The number of aromatic nitrogens is 1. The van der Waals surface area contributed by atoms with Crippen LogP contribution in [0.5, 0.6) is 0 Å². The number of hydrogen-bond donors (Lipinski definition) is 4. The van der Waals surface area contributed by atoms with Gasteiger partial charge in [-0.3, -0.25) is 14.4 Å². The van der Waals surface area contributed by atoms with E-state index in [2.05, 4.69) is 15.6 Å². The highest BCUT2D eigenvalue weighted by molar-refractivity contribution is 6.31. The van der Waals surface area contributed by atoms with Gasteiger partial charge in [0, 0.05) is 22.3 Å². The van der Waals surface area contributed by atoms with E-state index in [1.54, 1.807) is 24.3 Å². The number of carboxylic acids is 1. The van der Waals surface area contributed by atoms with Gasteiger partial charge in [0.2, 0.25) is 5.91 Å². The Morgan fingerprint density at radius 2 is 1.82 bits per heavy atom. The highest BCUT2D eigenvalue weighted by Gasteiger charge is 2.23. The first-order valence-electron chi connectivity index (χ1n) is 8.55. The van der Waals surface area contributed by atoms with Crippen molar-refractivity contribution in [2.45, 2.75) is 12.5 Å². The van der Waals surface area contributed by atoms with Crippen molar-refractivity contribution in [2.75, 3.05) is 6.54 Å². The normalized spacial score (nSPS) is 11.8. The van der Waals surface area contributed by atoms with E-state index in [9.17, 15) is 14.4 Å². The number of carbonyl (C=O) groups is 3. The predicted octanol–water partition coefficient (Wildman–Crippen LogP) is 2.36. The van der Waals surface area contributed by atoms with E-state index in [1.165, 1.54) is 0 Å². The third kappa shape index (κ3) is 4.89. The summed E-state index contributed by atoms with van der Waals surface area (Å²) in [6, 6.07) is 15.1. The molecule has 0 fully saturated rings. The first-order chi connectivity index (χ1) is 13.4. The molecule has 0 bridgehead atoms. The summed E-state index contributed by atoms with van der Waals surface area (Å²) in [4.78, 5) is 38.8. The third-order valence-electron chi connectivity index (χ3n) is 4.15. The molecule has 3 rings (SSSR count). The van der Waals surface area contributed by atoms with Crippen LogP contribution in [0.15, 0.2) is 54.6 Å². The van der Waals surface area contributed by atoms with Crippen LogP contribution in [0.25, 0.3) is 10.9 Å². The number of carbonyl (C=O) groups excluding carboxylic acids is 2. The van der Waals surface area contributed by atoms with Crippen molar-refractivity contribution in [3.05, 3.63) is 70.9 Å². The minimum Gasteiger partial charge on any atom is -0.480 e. The Bertz CT molecular complexity index is 1020. The summed E-state index contributed by atoms with van der Waals surface area (Å²) in [6.07, 6.45) is 0.226. The average Bonchev–Trinajstić information content (AvgIpc) is 3.09. The molecule has 1 unspecified atom stereocenters. The molecule has 7 nitrogen and oxygen atoms in total. The van der Waals surface area contributed by atoms with Crippen LogP contribution in [0.2, 0.25) is 5.02 Å². The van der Waals surface area contributed by atoms with E-state index < -0.39 is 30.4 Å². The van der Waals surface area contributed by atoms with Crippen molar-refractivity contribution >= 4 is 40.3 Å². The van der Waals surface area contributed by atoms with Gasteiger partial charge >= 0.3 is 5.97 Å². The van der Waals surface area contributed by atoms with Gasteiger partial charge in [0.15, 0.2) is 0 Å². The molecule has 0 aliphatic heterocycles. The maximum absolute atomic E-state index is 12.7. The molecule has 0 spiro atoms. The van der Waals surface area contributed by atoms with Crippen LogP contribution in [0, 0.1) is 0 Å². The van der Waals surface area contributed by atoms with Gasteiger partial charge in [-0.25, -0.2) is 0 Å². The number of carboxylic acid groups (broad SMARTS) is 1. The first-order valence-corrected chi connectivity index (χ1v) is 8.93. The smallest absolute Gasteiger partial charge is 0.322 e. The van der Waals surface area contributed by atoms with Crippen LogP contribution < -0.4 is 10.6 Å². The number of fused-ring (bicyclic) bond motifs is 1. The molecular formula is C20H18ClN3O4. The SMILES string of the molecule is O=C(O)CNC(=O)C(Cc1ccccc1)NC(=O)c1cc2cc(Cl)ccc2[nH]1. The van der Waals surface area contributed by atoms with E-state index in [0.717, 1.165) is 16.5 Å². The van der Waals surface area contributed by atoms with Gasteiger partial charge in [0.05, 0.1) is 0 Å². The second-order valence-corrected chi connectivity index (χ2v) is 6.68. The lowest BCUT2D eigenvalue weighted by molar-refractivity contribution is -0.138. The molecule has 144 valence electrons. The summed E-state index contributed by atoms with van der Waals surface area (Å²) in [5.41, 5.74) is 1.85. The molecule has 28 heavy (non-hydrogen) atoms. The standard InChI is InChI=1S/C20H18ClN3O4/c21-14-6-7-15-13(9-14)10-17(23-15)20(28)24-16(19(27)22-11-18(25)26)8-12-4-2-1-3-5-12/h1-7,9-10,16,23H,8,11H2,(H,22,27)(H,24,28)(H,25,26). The van der Waals surface area contributed by atoms with E-state index in [1.807, 2.05) is 30.3 Å². The molecule has 3 aromatic rings. The Balaban J connectivity index is 1.78. The van der Waals surface area contributed by atoms with Gasteiger partial charge in [-0.05, 0) is 29.8 Å². The zero-order valence-corrected chi connectivity index (χ0v) is 15.5. The quantitative estimate of drug-likeness (QED) is 0.488. The van der Waals surface area contributed by atoms with Crippen molar-refractivity contribution < 1.29 is 19.5 Å². The molecule has 8 heteroatoms. The summed E-state index contributed by atoms with van der Waals surface area (Å²) in [5, 5.41) is 15.1. The van der Waals surface area contributed by atoms with Crippen LogP contribution in [0.1, 0.15) is 16.1 Å². The van der Waals surface area contributed by atoms with E-state index in [0.29, 0.717) is 5.02 Å². The predicted molar refractivity (Wildman–Crippen MR) is 105 cm³/mol. The number of nitrogens with one attached hydrogen (secondary N) is 3. The Labute approximate surface area is 165 Å². The van der Waals surface area contributed by atoms with Gasteiger partial charge in [-0.1, -0.05) is 41.9 Å². The molecule has 1 aromatic heterocycles. The van der Waals surface area contributed by atoms with Gasteiger partial charge in [0.1, 0.15) is 18.3 Å². The Morgan fingerprint density at radius 1 is 1.07 bits per heavy atom. The van der Waals surface area contributed by atoms with Crippen LogP contribution in [0.4, 0.5) is 0 Å². The average molecular weight is 400 g/mol. The molecule has 1 heterocycles. The highest BCUT2D eigenvalue weighted by Crippen LogP contribution is 2.20. The number of hydrogen-bond acceptors (Lipinski definition) is 3. The Hall–Kier alpha value is -3.32. The van der Waals surface area contributed by atoms with Gasteiger partial charge in [-0.2, -0.15) is 0 Å². The lowest BCUT2D eigenvalue weighted by Crippen LogP contribution is -2.49. The largest absolute Gasteiger partial charge is 0.480 e. The second-order valence-electron chi connectivity index (χ2n) is 6.24. The molecule has 0 saturated carbocycles. The summed E-state index contributed by atoms with van der Waals surface area (Å²) in [5.74, 6) is -2.21. The summed E-state index contributed by atoms with van der Waals surface area (Å²) in [7, 11) is 0. The summed E-state index contributed by atoms with van der Waals surface area (Å²) >= 11 is 5.97. The highest BCUT2D eigenvalue weighted by atomic mass is 35.5. The fourth-order valence-electron chi connectivity index (χ4n) is 2.81. The topological polar surface area (TPSA) is 111 Å². The Kier molecular flexibility index (Phi) is 5.96. The van der Waals surface area contributed by atoms with Crippen LogP contribution in [0.3, 0.4) is 0 Å². The molecule has 4 N–H and O–H groups in total. The first kappa shape index (κ1) is 19.4. The number of halogens is 1. The zero-order valence-electron chi connectivity index (χ0n) is 14.7. The number of amides is 2. The molecule has 1 atom stereocenters. The Morgan fingerprint density at radius 3 is 2.54 bits per heavy atom. The number of aromatic amines is 1. The van der Waals surface area contributed by atoms with E-state index in [-0.39, 0.29) is 12.1 Å². The number of benzene rings is 2. The van der Waals surface area contributed by atoms with Crippen LogP contribution in [-0.2, 0) is 16.0 Å². The fraction of sp³-hybridized carbons (Fsp3) is 0.150. The molecule has 0 aliphatic rings. The molecule has 0 aliphatic carbocycles. The maximum Gasteiger partial charge on any atom is 0.322 e. The molecule has 0 saturated heterocycles. The molecular weight excluding hydrogens is 382 g/mol. The minimum absolute atomic E-state index is 0.226. The number of H-pyrrole nitrogens is 1. The van der Waals surface area contributed by atoms with Gasteiger partial charge in [0.25, 0.3) is 5.91 Å². The van der Waals surface area contributed by atoms with E-state index in [4.69, 9.17) is 16.7 Å². The van der Waals surface area contributed by atoms with Crippen molar-refractivity contribution in [1.82, 2.24) is 15.6 Å². The third-order valence-corrected chi connectivity index (χ3v) is 4.38. The summed E-state index contributed by atoms with van der Waals surface area (Å²) in [6.45, 7) is -0.523. The second kappa shape index (κ2) is 8.58. The summed E-state index contributed by atoms with van der Waals surface area (Å²) < 4.78 is 0. The van der Waals surface area contributed by atoms with Crippen molar-refractivity contribution in [3.8, 4) is 0 Å². The van der Waals surface area contributed by atoms with Gasteiger partial charge in [-0.15, -0.1) is 0 Å². The van der Waals surface area contributed by atoms with Crippen LogP contribution in [-0.4, -0.2) is 40.5 Å². The van der Waals surface area contributed by atoms with Crippen molar-refractivity contribution in [2.24, 2.45) is 0 Å². The monoisotopic (exact) mass is 399 g/mol. The zero-order chi connectivity index (χ0) is 20.1. The number of aliphatic carboxylic acids is 1. The van der Waals surface area contributed by atoms with Gasteiger partial charge < -0.3 is 20.7 Å².